The van der Waals surface area contributed by atoms with E-state index in [4.69, 9.17) is 0 Å². The number of anilines is 1. The fraction of sp³-hybridized carbons (Fsp3) is 0.200. The number of aromatic amines is 1. The number of amides is 1. The monoisotopic (exact) mass is 251 g/mol. The van der Waals surface area contributed by atoms with Crippen molar-refractivity contribution in [1.29, 1.82) is 5.26 Å². The molecular formula is C15H13N3O. The van der Waals surface area contributed by atoms with Gasteiger partial charge >= 0.3 is 0 Å². The van der Waals surface area contributed by atoms with E-state index >= 15 is 0 Å². The number of nitrogens with zero attached hydrogens (tertiary/aromatic N) is 1. The second kappa shape index (κ2) is 4.62. The zero-order valence-corrected chi connectivity index (χ0v) is 10.3. The first kappa shape index (κ1) is 11.5. The van der Waals surface area contributed by atoms with Gasteiger partial charge in [-0.05, 0) is 35.2 Å². The number of nitrogens with one attached hydrogen (secondary N) is 2. The van der Waals surface area contributed by atoms with Gasteiger partial charge in [-0.1, -0.05) is 12.1 Å². The van der Waals surface area contributed by atoms with Crippen molar-refractivity contribution < 1.29 is 4.79 Å². The van der Waals surface area contributed by atoms with E-state index in [0.717, 1.165) is 28.8 Å². The molecule has 0 radical (unpaired) electrons. The first-order valence-corrected chi connectivity index (χ1v) is 6.23. The van der Waals surface area contributed by atoms with Crippen LogP contribution in [0.2, 0.25) is 0 Å². The van der Waals surface area contributed by atoms with Crippen LogP contribution in [0.15, 0.2) is 36.7 Å². The lowest BCUT2D eigenvalue weighted by Crippen LogP contribution is -2.19. The van der Waals surface area contributed by atoms with Crippen LogP contribution in [-0.4, -0.2) is 10.9 Å². The maximum atomic E-state index is 11.3. The minimum Gasteiger partial charge on any atom is -0.367 e. The van der Waals surface area contributed by atoms with E-state index in [9.17, 15) is 10.1 Å². The highest BCUT2D eigenvalue weighted by atomic mass is 16.1. The first-order chi connectivity index (χ1) is 9.28. The van der Waals surface area contributed by atoms with Gasteiger partial charge in [-0.15, -0.1) is 0 Å². The molecular weight excluding hydrogens is 238 g/mol. The first-order valence-electron chi connectivity index (χ1n) is 6.23. The van der Waals surface area contributed by atoms with Crippen LogP contribution in [-0.2, 0) is 11.2 Å². The number of aryl methyl sites for hydroxylation is 1. The van der Waals surface area contributed by atoms with E-state index in [1.165, 1.54) is 0 Å². The number of benzene rings is 1. The van der Waals surface area contributed by atoms with Gasteiger partial charge in [0.25, 0.3) is 0 Å². The van der Waals surface area contributed by atoms with Crippen molar-refractivity contribution in [1.82, 2.24) is 4.98 Å². The van der Waals surface area contributed by atoms with Crippen molar-refractivity contribution in [2.45, 2.75) is 18.8 Å². The summed E-state index contributed by atoms with van der Waals surface area (Å²) < 4.78 is 0. The largest absolute Gasteiger partial charge is 0.367 e. The van der Waals surface area contributed by atoms with Crippen LogP contribution in [0.4, 0.5) is 5.69 Å². The van der Waals surface area contributed by atoms with Gasteiger partial charge in [0.05, 0.1) is 12.0 Å². The third kappa shape index (κ3) is 2.11. The Labute approximate surface area is 111 Å². The van der Waals surface area contributed by atoms with Gasteiger partial charge in [0.15, 0.2) is 0 Å². The van der Waals surface area contributed by atoms with Gasteiger partial charge < -0.3 is 10.3 Å². The van der Waals surface area contributed by atoms with E-state index in [1.54, 1.807) is 0 Å². The molecule has 1 unspecified atom stereocenters. The number of H-pyrrole nitrogens is 1. The Bertz CT molecular complexity index is 653. The number of hydrogen-bond acceptors (Lipinski definition) is 2. The summed E-state index contributed by atoms with van der Waals surface area (Å²) in [5, 5.41) is 12.2. The molecule has 4 nitrogen and oxygen atoms in total. The number of aromatic nitrogens is 1. The highest BCUT2D eigenvalue weighted by molar-refractivity contribution is 5.93. The van der Waals surface area contributed by atoms with Gasteiger partial charge in [-0.2, -0.15) is 5.26 Å². The number of hydrogen-bond donors (Lipinski definition) is 2. The predicted molar refractivity (Wildman–Crippen MR) is 71.6 cm³/mol. The molecule has 19 heavy (non-hydrogen) atoms. The van der Waals surface area contributed by atoms with Gasteiger partial charge in [0, 0.05) is 24.5 Å². The lowest BCUT2D eigenvalue weighted by Gasteiger charge is -2.18. The lowest BCUT2D eigenvalue weighted by molar-refractivity contribution is -0.116. The quantitative estimate of drug-likeness (QED) is 0.861. The van der Waals surface area contributed by atoms with Crippen LogP contribution in [0.5, 0.6) is 0 Å². The number of carbonyl (C=O) groups excluding carboxylic acids is 1. The average Bonchev–Trinajstić information content (AvgIpc) is 2.93. The predicted octanol–water partition coefficient (Wildman–Crippen LogP) is 2.55. The van der Waals surface area contributed by atoms with Crippen LogP contribution in [0.25, 0.3) is 0 Å². The molecule has 94 valence electrons. The number of fused-ring (bicyclic) bond motifs is 1. The average molecular weight is 251 g/mol. The Morgan fingerprint density at radius 3 is 2.84 bits per heavy atom. The summed E-state index contributed by atoms with van der Waals surface area (Å²) in [6.45, 7) is 0. The van der Waals surface area contributed by atoms with E-state index in [1.807, 2.05) is 36.7 Å². The number of nitriles is 1. The smallest absolute Gasteiger partial charge is 0.224 e. The standard InChI is InChI=1S/C15H13N3O/c16-8-13(12-5-6-17-9-12)10-1-3-14-11(7-10)2-4-15(19)18-14/h1,3,5-7,9,13,17H,2,4H2,(H,18,19). The van der Waals surface area contributed by atoms with Crippen molar-refractivity contribution in [2.75, 3.05) is 5.32 Å². The lowest BCUT2D eigenvalue weighted by atomic mass is 9.91. The minimum atomic E-state index is -0.269. The molecule has 1 atom stereocenters. The van der Waals surface area contributed by atoms with Gasteiger partial charge in [0.1, 0.15) is 0 Å². The molecule has 1 aliphatic rings. The Kier molecular flexibility index (Phi) is 2.81. The molecule has 0 bridgehead atoms. The third-order valence-corrected chi connectivity index (χ3v) is 3.44. The maximum Gasteiger partial charge on any atom is 0.224 e. The Hall–Kier alpha value is -2.54. The highest BCUT2D eigenvalue weighted by Gasteiger charge is 2.19. The van der Waals surface area contributed by atoms with Crippen molar-refractivity contribution in [3.05, 3.63) is 53.3 Å². The number of rotatable bonds is 2. The molecule has 0 aliphatic carbocycles. The normalized spacial score (nSPS) is 15.2. The van der Waals surface area contributed by atoms with Gasteiger partial charge in [-0.25, -0.2) is 0 Å². The van der Waals surface area contributed by atoms with Crippen LogP contribution in [0, 0.1) is 11.3 Å². The zero-order valence-electron chi connectivity index (χ0n) is 10.3. The van der Waals surface area contributed by atoms with E-state index in [-0.39, 0.29) is 11.8 Å². The Morgan fingerprint density at radius 1 is 1.21 bits per heavy atom. The van der Waals surface area contributed by atoms with Crippen molar-refractivity contribution in [3.8, 4) is 6.07 Å². The fourth-order valence-corrected chi connectivity index (χ4v) is 2.44. The minimum absolute atomic E-state index is 0.0581. The van der Waals surface area contributed by atoms with Gasteiger partial charge in [0.2, 0.25) is 5.91 Å². The summed E-state index contributed by atoms with van der Waals surface area (Å²) in [5.41, 5.74) is 3.90. The molecule has 4 heteroatoms. The Morgan fingerprint density at radius 2 is 2.11 bits per heavy atom. The second-order valence-electron chi connectivity index (χ2n) is 4.67. The topological polar surface area (TPSA) is 68.7 Å². The molecule has 1 aliphatic heterocycles. The summed E-state index contributed by atoms with van der Waals surface area (Å²) in [4.78, 5) is 14.3. The molecule has 2 N–H and O–H groups in total. The summed E-state index contributed by atoms with van der Waals surface area (Å²) in [6, 6.07) is 10.1. The van der Waals surface area contributed by atoms with Crippen LogP contribution in [0.1, 0.15) is 29.0 Å². The summed E-state index contributed by atoms with van der Waals surface area (Å²) in [5.74, 6) is -0.211. The molecule has 2 aromatic rings. The highest BCUT2D eigenvalue weighted by Crippen LogP contribution is 2.29. The summed E-state index contributed by atoms with van der Waals surface area (Å²) >= 11 is 0. The van der Waals surface area contributed by atoms with E-state index in [2.05, 4.69) is 16.4 Å². The number of carbonyl (C=O) groups is 1. The molecule has 3 rings (SSSR count). The maximum absolute atomic E-state index is 11.3. The molecule has 0 saturated heterocycles. The zero-order chi connectivity index (χ0) is 13.2. The third-order valence-electron chi connectivity index (χ3n) is 3.44. The van der Waals surface area contributed by atoms with Crippen LogP contribution >= 0.6 is 0 Å². The second-order valence-corrected chi connectivity index (χ2v) is 4.67. The molecule has 2 heterocycles. The van der Waals surface area contributed by atoms with Gasteiger partial charge in [-0.3, -0.25) is 4.79 Å². The molecule has 1 aromatic carbocycles. The Balaban J connectivity index is 1.98. The van der Waals surface area contributed by atoms with E-state index in [0.29, 0.717) is 6.42 Å². The SMILES string of the molecule is N#CC(c1cc[nH]c1)c1ccc2c(c1)CCC(=O)N2. The molecule has 0 saturated carbocycles. The summed E-state index contributed by atoms with van der Waals surface area (Å²) in [6.07, 6.45) is 4.91. The van der Waals surface area contributed by atoms with E-state index < -0.39 is 0 Å². The van der Waals surface area contributed by atoms with Crippen molar-refractivity contribution >= 4 is 11.6 Å². The van der Waals surface area contributed by atoms with Crippen LogP contribution in [0.3, 0.4) is 0 Å². The summed E-state index contributed by atoms with van der Waals surface area (Å²) in [7, 11) is 0. The molecule has 1 amide bonds. The molecule has 0 spiro atoms. The fourth-order valence-electron chi connectivity index (χ4n) is 2.44. The van der Waals surface area contributed by atoms with Crippen LogP contribution < -0.4 is 5.32 Å². The van der Waals surface area contributed by atoms with Crippen molar-refractivity contribution in [3.63, 3.8) is 0 Å². The van der Waals surface area contributed by atoms with Crippen molar-refractivity contribution in [2.24, 2.45) is 0 Å². The molecule has 1 aromatic heterocycles. The molecule has 0 fully saturated rings.